The lowest BCUT2D eigenvalue weighted by Crippen LogP contribution is -2.20. The molecule has 0 aliphatic carbocycles. The third-order valence-corrected chi connectivity index (χ3v) is 3.58. The summed E-state index contributed by atoms with van der Waals surface area (Å²) in [7, 11) is 2.88. The summed E-state index contributed by atoms with van der Waals surface area (Å²) in [4.78, 5) is 22.4. The minimum atomic E-state index is -0.541. The van der Waals surface area contributed by atoms with E-state index in [1.54, 1.807) is 12.1 Å². The van der Waals surface area contributed by atoms with Gasteiger partial charge in [0.25, 0.3) is 11.6 Å². The molecule has 0 atom stereocenters. The van der Waals surface area contributed by atoms with Crippen molar-refractivity contribution in [2.45, 2.75) is 6.92 Å². The molecule has 2 aromatic carbocycles. The fourth-order valence-electron chi connectivity index (χ4n) is 2.33. The highest BCUT2D eigenvalue weighted by atomic mass is 16.6. The summed E-state index contributed by atoms with van der Waals surface area (Å²) < 4.78 is 15.9. The van der Waals surface area contributed by atoms with E-state index in [-0.39, 0.29) is 18.0 Å². The second-order valence-corrected chi connectivity index (χ2v) is 5.39. The molecular weight excluding hydrogens is 352 g/mol. The quantitative estimate of drug-likeness (QED) is 0.561. The number of hydrogen-bond donors (Lipinski definition) is 1. The minimum Gasteiger partial charge on any atom is -0.494 e. The average Bonchev–Trinajstić information content (AvgIpc) is 2.67. The van der Waals surface area contributed by atoms with Crippen LogP contribution >= 0.6 is 0 Å². The van der Waals surface area contributed by atoms with Crippen molar-refractivity contribution in [1.29, 1.82) is 0 Å². The number of anilines is 1. The van der Waals surface area contributed by atoms with Crippen molar-refractivity contribution in [3.05, 3.63) is 58.2 Å². The Morgan fingerprint density at radius 3 is 2.48 bits per heavy atom. The lowest BCUT2D eigenvalue weighted by atomic mass is 10.2. The number of rotatable bonds is 8. The Bertz CT molecular complexity index is 863. The molecule has 0 fully saturated rings. The number of benzene rings is 2. The Morgan fingerprint density at radius 2 is 1.85 bits per heavy atom. The van der Waals surface area contributed by atoms with Crippen LogP contribution in [-0.2, 0) is 4.79 Å². The van der Waals surface area contributed by atoms with E-state index in [1.807, 2.05) is 25.1 Å². The van der Waals surface area contributed by atoms with Gasteiger partial charge in [-0.15, -0.1) is 0 Å². The number of non-ortho nitro benzene ring substituents is 1. The highest BCUT2D eigenvalue weighted by molar-refractivity contribution is 5.93. The molecule has 0 saturated heterocycles. The third-order valence-electron chi connectivity index (χ3n) is 3.58. The summed E-state index contributed by atoms with van der Waals surface area (Å²) in [6, 6.07) is 9.28. The number of carbonyl (C=O) groups is 1. The van der Waals surface area contributed by atoms with Crippen molar-refractivity contribution in [2.75, 3.05) is 26.1 Å². The smallest absolute Gasteiger partial charge is 0.273 e. The van der Waals surface area contributed by atoms with E-state index in [0.717, 1.165) is 5.56 Å². The molecule has 0 saturated carbocycles. The molecule has 0 spiro atoms. The maximum atomic E-state index is 12.2. The Labute approximate surface area is 156 Å². The van der Waals surface area contributed by atoms with Crippen LogP contribution in [0.25, 0.3) is 6.08 Å². The minimum absolute atomic E-state index is 0.132. The maximum absolute atomic E-state index is 12.2. The Morgan fingerprint density at radius 1 is 1.11 bits per heavy atom. The zero-order valence-electron chi connectivity index (χ0n) is 15.2. The third kappa shape index (κ3) is 5.21. The van der Waals surface area contributed by atoms with Gasteiger partial charge < -0.3 is 19.5 Å². The van der Waals surface area contributed by atoms with Gasteiger partial charge in [-0.3, -0.25) is 14.9 Å². The molecule has 0 aliphatic rings. The summed E-state index contributed by atoms with van der Waals surface area (Å²) in [5.41, 5.74) is 1.13. The molecule has 8 heteroatoms. The molecule has 0 bridgehead atoms. The highest BCUT2D eigenvalue weighted by Gasteiger charge is 2.14. The van der Waals surface area contributed by atoms with Crippen molar-refractivity contribution in [1.82, 2.24) is 0 Å². The number of ether oxygens (including phenoxy) is 3. The van der Waals surface area contributed by atoms with Crippen molar-refractivity contribution < 1.29 is 23.9 Å². The largest absolute Gasteiger partial charge is 0.494 e. The van der Waals surface area contributed by atoms with E-state index < -0.39 is 10.8 Å². The van der Waals surface area contributed by atoms with Crippen molar-refractivity contribution >= 4 is 23.4 Å². The van der Waals surface area contributed by atoms with Crippen LogP contribution in [0.2, 0.25) is 0 Å². The Kier molecular flexibility index (Phi) is 6.76. The number of nitro groups is 1. The number of amides is 1. The number of nitrogens with zero attached hydrogens (tertiary/aromatic N) is 1. The van der Waals surface area contributed by atoms with E-state index in [0.29, 0.717) is 17.2 Å². The van der Waals surface area contributed by atoms with E-state index >= 15 is 0 Å². The SMILES string of the molecule is C/C=C/c1ccc(OCC(=O)Nc2ccc([N+](=O)[O-])cc2OC)c(OC)c1. The molecule has 0 heterocycles. The first-order valence-corrected chi connectivity index (χ1v) is 8.04. The van der Waals surface area contributed by atoms with Gasteiger partial charge in [0.1, 0.15) is 5.75 Å². The van der Waals surface area contributed by atoms with Gasteiger partial charge in [-0.25, -0.2) is 0 Å². The van der Waals surface area contributed by atoms with Gasteiger partial charge >= 0.3 is 0 Å². The second kappa shape index (κ2) is 9.23. The number of methoxy groups -OCH3 is 2. The summed E-state index contributed by atoms with van der Waals surface area (Å²) in [6.45, 7) is 1.65. The van der Waals surface area contributed by atoms with Gasteiger partial charge in [-0.1, -0.05) is 18.2 Å². The zero-order valence-corrected chi connectivity index (χ0v) is 15.2. The van der Waals surface area contributed by atoms with Gasteiger partial charge in [-0.05, 0) is 30.7 Å². The molecule has 0 aromatic heterocycles. The predicted molar refractivity (Wildman–Crippen MR) is 101 cm³/mol. The molecule has 27 heavy (non-hydrogen) atoms. The van der Waals surface area contributed by atoms with E-state index in [2.05, 4.69) is 5.32 Å². The highest BCUT2D eigenvalue weighted by Crippen LogP contribution is 2.30. The van der Waals surface area contributed by atoms with Crippen LogP contribution in [0.15, 0.2) is 42.5 Å². The van der Waals surface area contributed by atoms with Crippen molar-refractivity contribution in [3.63, 3.8) is 0 Å². The first-order chi connectivity index (χ1) is 13.0. The Balaban J connectivity index is 2.05. The van der Waals surface area contributed by atoms with Gasteiger partial charge in [0.2, 0.25) is 0 Å². The number of nitrogens with one attached hydrogen (secondary N) is 1. The van der Waals surface area contributed by atoms with Crippen LogP contribution in [0.3, 0.4) is 0 Å². The maximum Gasteiger partial charge on any atom is 0.273 e. The normalized spacial score (nSPS) is 10.5. The van der Waals surface area contributed by atoms with E-state index in [1.165, 1.54) is 32.4 Å². The van der Waals surface area contributed by atoms with Crippen LogP contribution in [0.5, 0.6) is 17.2 Å². The molecule has 1 N–H and O–H groups in total. The number of hydrogen-bond acceptors (Lipinski definition) is 6. The van der Waals surface area contributed by atoms with Crippen molar-refractivity contribution in [3.8, 4) is 17.2 Å². The summed E-state index contributed by atoms with van der Waals surface area (Å²) >= 11 is 0. The van der Waals surface area contributed by atoms with Gasteiger partial charge in [0.05, 0.1) is 30.9 Å². The molecule has 0 unspecified atom stereocenters. The Hall–Kier alpha value is -3.55. The first-order valence-electron chi connectivity index (χ1n) is 8.04. The monoisotopic (exact) mass is 372 g/mol. The van der Waals surface area contributed by atoms with Gasteiger partial charge in [-0.2, -0.15) is 0 Å². The van der Waals surface area contributed by atoms with E-state index in [4.69, 9.17) is 14.2 Å². The predicted octanol–water partition coefficient (Wildman–Crippen LogP) is 3.66. The molecular formula is C19H20N2O6. The summed E-state index contributed by atoms with van der Waals surface area (Å²) in [5.74, 6) is 0.676. The van der Waals surface area contributed by atoms with Gasteiger partial charge in [0, 0.05) is 6.07 Å². The summed E-state index contributed by atoms with van der Waals surface area (Å²) in [6.07, 6.45) is 3.82. The lowest BCUT2D eigenvalue weighted by molar-refractivity contribution is -0.384. The van der Waals surface area contributed by atoms with Crippen LogP contribution < -0.4 is 19.5 Å². The molecule has 8 nitrogen and oxygen atoms in total. The van der Waals surface area contributed by atoms with Crippen LogP contribution in [0, 0.1) is 10.1 Å². The van der Waals surface area contributed by atoms with E-state index in [9.17, 15) is 14.9 Å². The van der Waals surface area contributed by atoms with Crippen molar-refractivity contribution in [2.24, 2.45) is 0 Å². The van der Waals surface area contributed by atoms with Crippen LogP contribution in [0.1, 0.15) is 12.5 Å². The fourth-order valence-corrected chi connectivity index (χ4v) is 2.33. The van der Waals surface area contributed by atoms with Crippen LogP contribution in [-0.4, -0.2) is 31.7 Å². The second-order valence-electron chi connectivity index (χ2n) is 5.39. The van der Waals surface area contributed by atoms with Gasteiger partial charge in [0.15, 0.2) is 18.1 Å². The average molecular weight is 372 g/mol. The number of carbonyl (C=O) groups excluding carboxylic acids is 1. The number of nitro benzene ring substituents is 1. The standard InChI is InChI=1S/C19H20N2O6/c1-4-5-13-6-9-16(18(10-13)26-3)27-12-19(22)20-15-8-7-14(21(23)24)11-17(15)25-2/h4-11H,12H2,1-3H3,(H,20,22)/b5-4+. The van der Waals surface area contributed by atoms with Crippen LogP contribution in [0.4, 0.5) is 11.4 Å². The lowest BCUT2D eigenvalue weighted by Gasteiger charge is -2.13. The molecule has 142 valence electrons. The summed E-state index contributed by atoms with van der Waals surface area (Å²) in [5, 5.41) is 13.4. The molecule has 2 rings (SSSR count). The molecule has 2 aromatic rings. The first kappa shape index (κ1) is 19.8. The number of allylic oxidation sites excluding steroid dienone is 1. The molecule has 0 aliphatic heterocycles. The zero-order chi connectivity index (χ0) is 19.8. The fraction of sp³-hybridized carbons (Fsp3) is 0.211. The molecule has 1 amide bonds. The topological polar surface area (TPSA) is 99.9 Å². The molecule has 0 radical (unpaired) electrons.